The molecule has 2 saturated heterocycles. The van der Waals surface area contributed by atoms with Gasteiger partial charge in [0.05, 0.1) is 13.2 Å². The summed E-state index contributed by atoms with van der Waals surface area (Å²) in [5.41, 5.74) is 0. The van der Waals surface area contributed by atoms with Crippen LogP contribution in [0.1, 0.15) is 25.7 Å². The van der Waals surface area contributed by atoms with E-state index in [2.05, 4.69) is 16.8 Å². The van der Waals surface area contributed by atoms with E-state index in [1.54, 1.807) is 0 Å². The molecule has 5 heteroatoms. The monoisotopic (exact) mass is 267 g/mol. The maximum Gasteiger partial charge on any atom is 0.320 e. The second-order valence-corrected chi connectivity index (χ2v) is 6.05. The number of urea groups is 1. The molecule has 2 heterocycles. The molecule has 0 aromatic rings. The fourth-order valence-electron chi connectivity index (χ4n) is 3.15. The van der Waals surface area contributed by atoms with Gasteiger partial charge < -0.3 is 19.4 Å². The number of hydrogen-bond donors (Lipinski definition) is 0. The van der Waals surface area contributed by atoms with E-state index < -0.39 is 0 Å². The predicted molar refractivity (Wildman–Crippen MR) is 73.2 cm³/mol. The first kappa shape index (κ1) is 13.2. The smallest absolute Gasteiger partial charge is 0.320 e. The highest BCUT2D eigenvalue weighted by molar-refractivity contribution is 5.75. The van der Waals surface area contributed by atoms with Gasteiger partial charge in [-0.15, -0.1) is 0 Å². The van der Waals surface area contributed by atoms with Crippen LogP contribution in [0.4, 0.5) is 4.79 Å². The Hall–Kier alpha value is -0.810. The predicted octanol–water partition coefficient (Wildman–Crippen LogP) is 0.997. The van der Waals surface area contributed by atoms with Crippen LogP contribution >= 0.6 is 0 Å². The molecule has 5 nitrogen and oxygen atoms in total. The van der Waals surface area contributed by atoms with Crippen LogP contribution < -0.4 is 0 Å². The third kappa shape index (κ3) is 3.03. The molecule has 0 N–H and O–H groups in total. The second-order valence-electron chi connectivity index (χ2n) is 6.05. The topological polar surface area (TPSA) is 36.0 Å². The first-order valence-electron chi connectivity index (χ1n) is 7.59. The Labute approximate surface area is 115 Å². The molecule has 0 aromatic carbocycles. The molecule has 0 atom stereocenters. The molecule has 0 aromatic heterocycles. The number of amides is 2. The van der Waals surface area contributed by atoms with E-state index in [4.69, 9.17) is 4.74 Å². The SMILES string of the molecule is CN1CCC(N(C(=O)N2CCOCC2)C2CC2)CC1. The Kier molecular flexibility index (Phi) is 3.93. The van der Waals surface area contributed by atoms with Crippen molar-refractivity contribution in [3.63, 3.8) is 0 Å². The van der Waals surface area contributed by atoms with Crippen LogP contribution in [0.3, 0.4) is 0 Å². The lowest BCUT2D eigenvalue weighted by molar-refractivity contribution is 0.0335. The first-order valence-corrected chi connectivity index (χ1v) is 7.59. The van der Waals surface area contributed by atoms with Crippen molar-refractivity contribution in [2.45, 2.75) is 37.8 Å². The summed E-state index contributed by atoms with van der Waals surface area (Å²) >= 11 is 0. The minimum atomic E-state index is 0.264. The van der Waals surface area contributed by atoms with E-state index in [-0.39, 0.29) is 6.03 Å². The van der Waals surface area contributed by atoms with Crippen LogP contribution in [0.5, 0.6) is 0 Å². The Bertz CT molecular complexity index is 319. The molecule has 0 unspecified atom stereocenters. The van der Waals surface area contributed by atoms with Gasteiger partial charge in [-0.1, -0.05) is 0 Å². The van der Waals surface area contributed by atoms with Gasteiger partial charge in [0, 0.05) is 25.2 Å². The normalized spacial score (nSPS) is 26.5. The Balaban J connectivity index is 1.64. The summed E-state index contributed by atoms with van der Waals surface area (Å²) in [7, 11) is 2.17. The molecule has 3 rings (SSSR count). The molecule has 2 amide bonds. The number of carbonyl (C=O) groups is 1. The summed E-state index contributed by atoms with van der Waals surface area (Å²) in [6.07, 6.45) is 4.65. The average molecular weight is 267 g/mol. The first-order chi connectivity index (χ1) is 9.25. The molecular weight excluding hydrogens is 242 g/mol. The van der Waals surface area contributed by atoms with Crippen molar-refractivity contribution in [1.29, 1.82) is 0 Å². The average Bonchev–Trinajstić information content (AvgIpc) is 3.27. The van der Waals surface area contributed by atoms with Crippen molar-refractivity contribution >= 4 is 6.03 Å². The summed E-state index contributed by atoms with van der Waals surface area (Å²) < 4.78 is 5.35. The van der Waals surface area contributed by atoms with Gasteiger partial charge in [0.2, 0.25) is 0 Å². The highest BCUT2D eigenvalue weighted by atomic mass is 16.5. The number of morpholine rings is 1. The number of hydrogen-bond acceptors (Lipinski definition) is 3. The number of carbonyl (C=O) groups excluding carboxylic acids is 1. The zero-order valence-corrected chi connectivity index (χ0v) is 11.9. The van der Waals surface area contributed by atoms with Crippen molar-refractivity contribution in [3.8, 4) is 0 Å². The number of ether oxygens (including phenoxy) is 1. The zero-order valence-electron chi connectivity index (χ0n) is 11.9. The summed E-state index contributed by atoms with van der Waals surface area (Å²) in [4.78, 5) is 19.3. The maximum absolute atomic E-state index is 12.7. The van der Waals surface area contributed by atoms with Crippen molar-refractivity contribution in [1.82, 2.24) is 14.7 Å². The molecule has 0 bridgehead atoms. The van der Waals surface area contributed by atoms with Crippen molar-refractivity contribution < 1.29 is 9.53 Å². The van der Waals surface area contributed by atoms with Gasteiger partial charge in [0.25, 0.3) is 0 Å². The van der Waals surface area contributed by atoms with Crippen LogP contribution in [-0.2, 0) is 4.74 Å². The van der Waals surface area contributed by atoms with Crippen LogP contribution in [0.2, 0.25) is 0 Å². The molecule has 0 radical (unpaired) electrons. The Morgan fingerprint density at radius 2 is 1.58 bits per heavy atom. The van der Waals surface area contributed by atoms with E-state index >= 15 is 0 Å². The molecule has 3 aliphatic rings. The molecule has 19 heavy (non-hydrogen) atoms. The van der Waals surface area contributed by atoms with Crippen molar-refractivity contribution in [2.24, 2.45) is 0 Å². The number of rotatable bonds is 2. The Morgan fingerprint density at radius 3 is 2.16 bits per heavy atom. The van der Waals surface area contributed by atoms with E-state index in [0.29, 0.717) is 25.3 Å². The van der Waals surface area contributed by atoms with Crippen LogP contribution in [0.15, 0.2) is 0 Å². The lowest BCUT2D eigenvalue weighted by atomic mass is 10.0. The van der Waals surface area contributed by atoms with Gasteiger partial charge in [-0.3, -0.25) is 0 Å². The van der Waals surface area contributed by atoms with Gasteiger partial charge in [-0.2, -0.15) is 0 Å². The molecule has 0 spiro atoms. The Morgan fingerprint density at radius 1 is 1.00 bits per heavy atom. The fraction of sp³-hybridized carbons (Fsp3) is 0.929. The lowest BCUT2D eigenvalue weighted by Crippen LogP contribution is -2.54. The summed E-state index contributed by atoms with van der Waals surface area (Å²) in [5, 5.41) is 0. The zero-order chi connectivity index (χ0) is 13.2. The van der Waals surface area contributed by atoms with Crippen LogP contribution in [0, 0.1) is 0 Å². The van der Waals surface area contributed by atoms with Gasteiger partial charge in [-0.25, -0.2) is 4.79 Å². The number of nitrogens with zero attached hydrogens (tertiary/aromatic N) is 3. The lowest BCUT2D eigenvalue weighted by Gasteiger charge is -2.40. The van der Waals surface area contributed by atoms with Gasteiger partial charge >= 0.3 is 6.03 Å². The van der Waals surface area contributed by atoms with E-state index in [1.807, 2.05) is 4.90 Å². The van der Waals surface area contributed by atoms with E-state index in [0.717, 1.165) is 39.0 Å². The standard InChI is InChI=1S/C14H25N3O2/c1-15-6-4-13(5-7-15)17(12-2-3-12)14(18)16-8-10-19-11-9-16/h12-13H,2-11H2,1H3. The summed E-state index contributed by atoms with van der Waals surface area (Å²) in [5.74, 6) is 0. The highest BCUT2D eigenvalue weighted by Gasteiger charge is 2.40. The number of likely N-dealkylation sites (tertiary alicyclic amines) is 1. The van der Waals surface area contributed by atoms with E-state index in [9.17, 15) is 4.79 Å². The van der Waals surface area contributed by atoms with Gasteiger partial charge in [0.1, 0.15) is 0 Å². The minimum absolute atomic E-state index is 0.264. The van der Waals surface area contributed by atoms with Crippen LogP contribution in [-0.4, -0.2) is 79.3 Å². The highest BCUT2D eigenvalue weighted by Crippen LogP contribution is 2.32. The molecule has 108 valence electrons. The van der Waals surface area contributed by atoms with E-state index in [1.165, 1.54) is 12.8 Å². The quantitative estimate of drug-likeness (QED) is 0.749. The molecular formula is C14H25N3O2. The second kappa shape index (κ2) is 5.67. The summed E-state index contributed by atoms with van der Waals surface area (Å²) in [6.45, 7) is 5.13. The fourth-order valence-corrected chi connectivity index (χ4v) is 3.15. The van der Waals surface area contributed by atoms with Crippen LogP contribution in [0.25, 0.3) is 0 Å². The van der Waals surface area contributed by atoms with Crippen molar-refractivity contribution in [2.75, 3.05) is 46.4 Å². The third-order valence-corrected chi connectivity index (χ3v) is 4.52. The molecule has 1 aliphatic carbocycles. The summed E-state index contributed by atoms with van der Waals surface area (Å²) in [6, 6.07) is 1.24. The van der Waals surface area contributed by atoms with Crippen molar-refractivity contribution in [3.05, 3.63) is 0 Å². The van der Waals surface area contributed by atoms with Gasteiger partial charge in [0.15, 0.2) is 0 Å². The maximum atomic E-state index is 12.7. The van der Waals surface area contributed by atoms with Gasteiger partial charge in [-0.05, 0) is 45.8 Å². The third-order valence-electron chi connectivity index (χ3n) is 4.52. The number of piperidine rings is 1. The minimum Gasteiger partial charge on any atom is -0.378 e. The molecule has 3 fully saturated rings. The molecule has 2 aliphatic heterocycles. The molecule has 1 saturated carbocycles. The largest absolute Gasteiger partial charge is 0.378 e.